The zero-order valence-corrected chi connectivity index (χ0v) is 8.21. The molecular formula is C10H8Cl2. The standard InChI is InChI=1S/C10H8Cl2/c1-8-4-2-6-10(12)9(8)5-3-7-11/h2,4,6H,7H2,1H3. The monoisotopic (exact) mass is 198 g/mol. The van der Waals surface area contributed by atoms with Gasteiger partial charge in [0.2, 0.25) is 0 Å². The lowest BCUT2D eigenvalue weighted by atomic mass is 10.1. The van der Waals surface area contributed by atoms with E-state index in [2.05, 4.69) is 11.8 Å². The molecule has 0 N–H and O–H groups in total. The summed E-state index contributed by atoms with van der Waals surface area (Å²) in [7, 11) is 0. The summed E-state index contributed by atoms with van der Waals surface area (Å²) in [6, 6.07) is 5.71. The molecule has 0 saturated carbocycles. The zero-order valence-electron chi connectivity index (χ0n) is 6.70. The maximum Gasteiger partial charge on any atom is 0.0839 e. The molecule has 2 heteroatoms. The van der Waals surface area contributed by atoms with E-state index in [1.807, 2.05) is 25.1 Å². The van der Waals surface area contributed by atoms with Crippen molar-refractivity contribution in [3.8, 4) is 11.8 Å². The SMILES string of the molecule is Cc1cccc(Cl)c1C#CCCl. The second kappa shape index (κ2) is 4.40. The first-order valence-electron chi connectivity index (χ1n) is 3.55. The Balaban J connectivity index is 3.13. The van der Waals surface area contributed by atoms with Gasteiger partial charge in [0.25, 0.3) is 0 Å². The van der Waals surface area contributed by atoms with Crippen LogP contribution in [0.5, 0.6) is 0 Å². The van der Waals surface area contributed by atoms with Crippen LogP contribution < -0.4 is 0 Å². The van der Waals surface area contributed by atoms with Crippen LogP contribution in [0.4, 0.5) is 0 Å². The maximum absolute atomic E-state index is 5.92. The lowest BCUT2D eigenvalue weighted by molar-refractivity contribution is 1.44. The lowest BCUT2D eigenvalue weighted by Crippen LogP contribution is -1.82. The fraction of sp³-hybridized carbons (Fsp3) is 0.200. The van der Waals surface area contributed by atoms with E-state index in [0.717, 1.165) is 11.1 Å². The van der Waals surface area contributed by atoms with Crippen LogP contribution in [0, 0.1) is 18.8 Å². The van der Waals surface area contributed by atoms with Gasteiger partial charge in [-0.1, -0.05) is 35.6 Å². The minimum atomic E-state index is 0.338. The topological polar surface area (TPSA) is 0 Å². The zero-order chi connectivity index (χ0) is 8.97. The van der Waals surface area contributed by atoms with Crippen molar-refractivity contribution in [3.63, 3.8) is 0 Å². The van der Waals surface area contributed by atoms with Gasteiger partial charge in [0.05, 0.1) is 10.9 Å². The molecule has 0 heterocycles. The molecule has 0 nitrogen and oxygen atoms in total. The molecule has 1 rings (SSSR count). The first kappa shape index (κ1) is 9.45. The average Bonchev–Trinajstić information content (AvgIpc) is 2.04. The molecule has 0 spiro atoms. The number of hydrogen-bond acceptors (Lipinski definition) is 0. The quantitative estimate of drug-likeness (QED) is 0.444. The fourth-order valence-corrected chi connectivity index (χ4v) is 1.25. The van der Waals surface area contributed by atoms with Crippen LogP contribution in [-0.2, 0) is 0 Å². The highest BCUT2D eigenvalue weighted by Gasteiger charge is 1.98. The summed E-state index contributed by atoms with van der Waals surface area (Å²) < 4.78 is 0. The first-order valence-corrected chi connectivity index (χ1v) is 4.47. The molecule has 0 aliphatic heterocycles. The van der Waals surface area contributed by atoms with Gasteiger partial charge in [-0.05, 0) is 18.6 Å². The van der Waals surface area contributed by atoms with Crippen molar-refractivity contribution in [1.29, 1.82) is 0 Å². The molecule has 0 aliphatic carbocycles. The predicted octanol–water partition coefficient (Wildman–Crippen LogP) is 3.24. The van der Waals surface area contributed by atoms with Gasteiger partial charge in [-0.2, -0.15) is 0 Å². The smallest absolute Gasteiger partial charge is 0.0839 e. The van der Waals surface area contributed by atoms with Crippen LogP contribution in [0.2, 0.25) is 5.02 Å². The molecule has 0 unspecified atom stereocenters. The second-order valence-electron chi connectivity index (χ2n) is 2.37. The van der Waals surface area contributed by atoms with Crippen LogP contribution >= 0.6 is 23.2 Å². The number of rotatable bonds is 0. The Labute approximate surface area is 82.5 Å². The van der Waals surface area contributed by atoms with Crippen LogP contribution in [0.1, 0.15) is 11.1 Å². The largest absolute Gasteiger partial charge is 0.113 e. The summed E-state index contributed by atoms with van der Waals surface area (Å²) in [6.07, 6.45) is 0. The minimum Gasteiger partial charge on any atom is -0.113 e. The third kappa shape index (κ3) is 2.17. The summed E-state index contributed by atoms with van der Waals surface area (Å²) in [4.78, 5) is 0. The van der Waals surface area contributed by atoms with Crippen LogP contribution in [0.25, 0.3) is 0 Å². The molecule has 12 heavy (non-hydrogen) atoms. The van der Waals surface area contributed by atoms with Gasteiger partial charge in [-0.25, -0.2) is 0 Å². The van der Waals surface area contributed by atoms with E-state index in [1.165, 1.54) is 0 Å². The molecule has 0 amide bonds. The van der Waals surface area contributed by atoms with Gasteiger partial charge in [0, 0.05) is 5.56 Å². The Morgan fingerprint density at radius 2 is 2.17 bits per heavy atom. The number of benzene rings is 1. The van der Waals surface area contributed by atoms with Gasteiger partial charge in [0.1, 0.15) is 0 Å². The first-order chi connectivity index (χ1) is 5.75. The lowest BCUT2D eigenvalue weighted by Gasteiger charge is -1.98. The highest BCUT2D eigenvalue weighted by atomic mass is 35.5. The molecular weight excluding hydrogens is 191 g/mol. The van der Waals surface area contributed by atoms with Crippen molar-refractivity contribution in [1.82, 2.24) is 0 Å². The van der Waals surface area contributed by atoms with Crippen molar-refractivity contribution >= 4 is 23.2 Å². The molecule has 0 atom stereocenters. The van der Waals surface area contributed by atoms with Crippen LogP contribution in [0.15, 0.2) is 18.2 Å². The third-order valence-corrected chi connectivity index (χ3v) is 1.95. The highest BCUT2D eigenvalue weighted by molar-refractivity contribution is 6.31. The van der Waals surface area contributed by atoms with Crippen LogP contribution in [-0.4, -0.2) is 5.88 Å². The number of alkyl halides is 1. The van der Waals surface area contributed by atoms with E-state index in [9.17, 15) is 0 Å². The molecule has 1 aromatic rings. The van der Waals surface area contributed by atoms with E-state index in [1.54, 1.807) is 0 Å². The molecule has 0 saturated heterocycles. The number of aryl methyl sites for hydroxylation is 1. The predicted molar refractivity (Wildman–Crippen MR) is 53.8 cm³/mol. The summed E-state index contributed by atoms with van der Waals surface area (Å²) in [5.41, 5.74) is 1.96. The molecule has 0 aromatic heterocycles. The summed E-state index contributed by atoms with van der Waals surface area (Å²) in [5, 5.41) is 0.688. The second-order valence-corrected chi connectivity index (χ2v) is 3.04. The number of halogens is 2. The van der Waals surface area contributed by atoms with E-state index >= 15 is 0 Å². The molecule has 0 bridgehead atoms. The Kier molecular flexibility index (Phi) is 3.47. The fourth-order valence-electron chi connectivity index (χ4n) is 0.912. The molecule has 62 valence electrons. The molecule has 1 aromatic carbocycles. The van der Waals surface area contributed by atoms with E-state index in [4.69, 9.17) is 23.2 Å². The Morgan fingerprint density at radius 1 is 1.42 bits per heavy atom. The van der Waals surface area contributed by atoms with Crippen molar-refractivity contribution in [3.05, 3.63) is 34.3 Å². The molecule has 0 aliphatic rings. The van der Waals surface area contributed by atoms with Gasteiger partial charge >= 0.3 is 0 Å². The van der Waals surface area contributed by atoms with Crippen molar-refractivity contribution in [2.45, 2.75) is 6.92 Å². The van der Waals surface area contributed by atoms with Gasteiger partial charge in [-0.3, -0.25) is 0 Å². The Bertz CT molecular complexity index is 311. The maximum atomic E-state index is 5.92. The molecule has 0 fully saturated rings. The van der Waals surface area contributed by atoms with Gasteiger partial charge in [-0.15, -0.1) is 11.6 Å². The van der Waals surface area contributed by atoms with Crippen molar-refractivity contribution in [2.24, 2.45) is 0 Å². The van der Waals surface area contributed by atoms with E-state index in [0.29, 0.717) is 10.9 Å². The summed E-state index contributed by atoms with van der Waals surface area (Å²) >= 11 is 11.4. The van der Waals surface area contributed by atoms with E-state index in [-0.39, 0.29) is 0 Å². The third-order valence-electron chi connectivity index (χ3n) is 1.50. The minimum absolute atomic E-state index is 0.338. The van der Waals surface area contributed by atoms with Crippen LogP contribution in [0.3, 0.4) is 0 Å². The van der Waals surface area contributed by atoms with Crippen molar-refractivity contribution < 1.29 is 0 Å². The number of hydrogen-bond donors (Lipinski definition) is 0. The average molecular weight is 199 g/mol. The summed E-state index contributed by atoms with van der Waals surface area (Å²) in [5.74, 6) is 6.03. The highest BCUT2D eigenvalue weighted by Crippen LogP contribution is 2.17. The molecule has 0 radical (unpaired) electrons. The Hall–Kier alpha value is -0.640. The van der Waals surface area contributed by atoms with E-state index < -0.39 is 0 Å². The normalized spacial score (nSPS) is 8.92. The van der Waals surface area contributed by atoms with Gasteiger partial charge in [0.15, 0.2) is 0 Å². The van der Waals surface area contributed by atoms with Gasteiger partial charge < -0.3 is 0 Å². The Morgan fingerprint density at radius 3 is 2.75 bits per heavy atom. The van der Waals surface area contributed by atoms with Crippen molar-refractivity contribution in [2.75, 3.05) is 5.88 Å². The summed E-state index contributed by atoms with van der Waals surface area (Å²) in [6.45, 7) is 1.98.